The van der Waals surface area contributed by atoms with Gasteiger partial charge in [-0.25, -0.2) is 4.79 Å². The number of nitrogens with one attached hydrogen (secondary N) is 1. The third kappa shape index (κ3) is 12.7. The quantitative estimate of drug-likeness (QED) is 0.331. The van der Waals surface area contributed by atoms with Gasteiger partial charge in [0.05, 0.1) is 12.3 Å². The number of piperazine rings is 1. The van der Waals surface area contributed by atoms with E-state index in [2.05, 4.69) is 29.0 Å². The van der Waals surface area contributed by atoms with Crippen molar-refractivity contribution < 1.29 is 14.3 Å². The topological polar surface area (TPSA) is 54.0 Å². The van der Waals surface area contributed by atoms with Crippen LogP contribution in [0.25, 0.3) is 0 Å². The SMILES string of the molecule is CCCCCCCOc1ccccc1NC(=O)OCCN1CCN(CCCC)CC1.Cl.Cl. The molecule has 1 aromatic carbocycles. The van der Waals surface area contributed by atoms with Crippen LogP contribution in [-0.2, 0) is 4.74 Å². The molecule has 1 aromatic rings. The average molecular weight is 493 g/mol. The predicted octanol–water partition coefficient (Wildman–Crippen LogP) is 5.85. The fourth-order valence-corrected chi connectivity index (χ4v) is 3.62. The highest BCUT2D eigenvalue weighted by molar-refractivity contribution is 5.86. The van der Waals surface area contributed by atoms with Gasteiger partial charge in [-0.2, -0.15) is 0 Å². The van der Waals surface area contributed by atoms with Crippen molar-refractivity contribution in [3.63, 3.8) is 0 Å². The third-order valence-electron chi connectivity index (χ3n) is 5.56. The van der Waals surface area contributed by atoms with Crippen molar-refractivity contribution in [1.29, 1.82) is 0 Å². The van der Waals surface area contributed by atoms with Gasteiger partial charge in [0.15, 0.2) is 0 Å². The van der Waals surface area contributed by atoms with Crippen molar-refractivity contribution in [2.45, 2.75) is 58.8 Å². The summed E-state index contributed by atoms with van der Waals surface area (Å²) in [6, 6.07) is 7.55. The average Bonchev–Trinajstić information content (AvgIpc) is 2.76. The molecule has 1 fully saturated rings. The van der Waals surface area contributed by atoms with Crippen molar-refractivity contribution in [1.82, 2.24) is 9.80 Å². The van der Waals surface area contributed by atoms with Crippen molar-refractivity contribution in [3.8, 4) is 5.75 Å². The van der Waals surface area contributed by atoms with Crippen LogP contribution in [0, 0.1) is 0 Å². The molecule has 0 atom stereocenters. The molecule has 1 aliphatic heterocycles. The fraction of sp³-hybridized carbons (Fsp3) is 0.708. The second-order valence-corrected chi connectivity index (χ2v) is 8.06. The molecular formula is C24H43Cl2N3O3. The Morgan fingerprint density at radius 1 is 0.844 bits per heavy atom. The van der Waals surface area contributed by atoms with E-state index in [1.54, 1.807) is 0 Å². The van der Waals surface area contributed by atoms with Gasteiger partial charge in [0.1, 0.15) is 12.4 Å². The van der Waals surface area contributed by atoms with E-state index in [0.717, 1.165) is 39.1 Å². The normalized spacial score (nSPS) is 14.2. The number of rotatable bonds is 14. The number of nitrogens with zero attached hydrogens (tertiary/aromatic N) is 2. The van der Waals surface area contributed by atoms with Crippen LogP contribution in [0.1, 0.15) is 58.8 Å². The summed E-state index contributed by atoms with van der Waals surface area (Å²) < 4.78 is 11.3. The van der Waals surface area contributed by atoms with Crippen LogP contribution in [0.15, 0.2) is 24.3 Å². The molecule has 186 valence electrons. The molecule has 2 rings (SSSR count). The molecular weight excluding hydrogens is 449 g/mol. The monoisotopic (exact) mass is 491 g/mol. The first-order valence-corrected chi connectivity index (χ1v) is 11.8. The Bertz CT molecular complexity index is 600. The number of halogens is 2. The minimum absolute atomic E-state index is 0. The van der Waals surface area contributed by atoms with Crippen LogP contribution >= 0.6 is 24.8 Å². The standard InChI is InChI=1S/C24H41N3O3.2ClH/c1-3-5-7-8-11-20-29-23-13-10-9-12-22(23)25-24(28)30-21-19-27-17-15-26(16-18-27)14-6-4-2;;/h9-10,12-13H,3-8,11,14-21H2,1-2H3,(H,25,28);2*1H. The smallest absolute Gasteiger partial charge is 0.411 e. The molecule has 0 radical (unpaired) electrons. The summed E-state index contributed by atoms with van der Waals surface area (Å²) in [5, 5.41) is 2.83. The summed E-state index contributed by atoms with van der Waals surface area (Å²) in [4.78, 5) is 17.1. The molecule has 0 unspecified atom stereocenters. The highest BCUT2D eigenvalue weighted by Crippen LogP contribution is 2.24. The maximum absolute atomic E-state index is 12.2. The zero-order chi connectivity index (χ0) is 21.4. The van der Waals surface area contributed by atoms with Crippen LogP contribution in [0.3, 0.4) is 0 Å². The van der Waals surface area contributed by atoms with E-state index in [-0.39, 0.29) is 24.8 Å². The summed E-state index contributed by atoms with van der Waals surface area (Å²) in [6.45, 7) is 11.8. The molecule has 0 bridgehead atoms. The van der Waals surface area contributed by atoms with Crippen LogP contribution < -0.4 is 10.1 Å². The van der Waals surface area contributed by atoms with Gasteiger partial charge in [0.2, 0.25) is 0 Å². The van der Waals surface area contributed by atoms with Crippen LogP contribution in [0.5, 0.6) is 5.75 Å². The number of para-hydroxylation sites is 2. The van der Waals surface area contributed by atoms with E-state index in [9.17, 15) is 4.79 Å². The Kier molecular flexibility index (Phi) is 18.5. The van der Waals surface area contributed by atoms with Crippen molar-refractivity contribution in [3.05, 3.63) is 24.3 Å². The highest BCUT2D eigenvalue weighted by atomic mass is 35.5. The molecule has 0 aromatic heterocycles. The molecule has 1 saturated heterocycles. The lowest BCUT2D eigenvalue weighted by molar-refractivity contribution is 0.0999. The summed E-state index contributed by atoms with van der Waals surface area (Å²) in [5.41, 5.74) is 0.667. The van der Waals surface area contributed by atoms with Gasteiger partial charge < -0.3 is 14.4 Å². The van der Waals surface area contributed by atoms with E-state index in [4.69, 9.17) is 9.47 Å². The van der Waals surface area contributed by atoms with Gasteiger partial charge in [0, 0.05) is 32.7 Å². The molecule has 1 N–H and O–H groups in total. The van der Waals surface area contributed by atoms with Gasteiger partial charge in [-0.05, 0) is 31.5 Å². The van der Waals surface area contributed by atoms with Gasteiger partial charge in [-0.1, -0.05) is 58.1 Å². The van der Waals surface area contributed by atoms with Gasteiger partial charge in [-0.3, -0.25) is 10.2 Å². The predicted molar refractivity (Wildman–Crippen MR) is 138 cm³/mol. The Labute approximate surface area is 207 Å². The first-order chi connectivity index (χ1) is 14.7. The lowest BCUT2D eigenvalue weighted by atomic mass is 10.2. The molecule has 0 spiro atoms. The number of hydrogen-bond donors (Lipinski definition) is 1. The Morgan fingerprint density at radius 3 is 2.16 bits per heavy atom. The summed E-state index contributed by atoms with van der Waals surface area (Å²) in [6.07, 6.45) is 8.08. The maximum Gasteiger partial charge on any atom is 0.411 e. The van der Waals surface area contributed by atoms with E-state index >= 15 is 0 Å². The second-order valence-electron chi connectivity index (χ2n) is 8.06. The number of carbonyl (C=O) groups is 1. The molecule has 1 amide bonds. The lowest BCUT2D eigenvalue weighted by Crippen LogP contribution is -2.47. The number of unbranched alkanes of at least 4 members (excludes halogenated alkanes) is 5. The molecule has 6 nitrogen and oxygen atoms in total. The van der Waals surface area contributed by atoms with Gasteiger partial charge >= 0.3 is 6.09 Å². The first kappa shape index (κ1) is 30.8. The molecule has 1 aliphatic rings. The Hall–Kier alpha value is -1.21. The summed E-state index contributed by atoms with van der Waals surface area (Å²) in [7, 11) is 0. The van der Waals surface area contributed by atoms with Crippen molar-refractivity contribution >= 4 is 36.6 Å². The zero-order valence-corrected chi connectivity index (χ0v) is 21.5. The number of carbonyl (C=O) groups excluding carboxylic acids is 1. The van der Waals surface area contributed by atoms with E-state index in [1.165, 1.54) is 45.1 Å². The maximum atomic E-state index is 12.2. The van der Waals surface area contributed by atoms with Crippen LogP contribution in [-0.4, -0.2) is 68.4 Å². The van der Waals surface area contributed by atoms with E-state index in [0.29, 0.717) is 24.7 Å². The van der Waals surface area contributed by atoms with E-state index < -0.39 is 6.09 Å². The highest BCUT2D eigenvalue weighted by Gasteiger charge is 2.16. The lowest BCUT2D eigenvalue weighted by Gasteiger charge is -2.34. The number of amides is 1. The second kappa shape index (κ2) is 19.3. The molecule has 0 saturated carbocycles. The number of benzene rings is 1. The van der Waals surface area contributed by atoms with Crippen LogP contribution in [0.2, 0.25) is 0 Å². The summed E-state index contributed by atoms with van der Waals surface area (Å²) in [5.74, 6) is 0.702. The minimum atomic E-state index is -0.421. The fourth-order valence-electron chi connectivity index (χ4n) is 3.62. The van der Waals surface area contributed by atoms with Gasteiger partial charge in [0.25, 0.3) is 0 Å². The zero-order valence-electron chi connectivity index (χ0n) is 19.9. The largest absolute Gasteiger partial charge is 0.491 e. The number of hydrogen-bond acceptors (Lipinski definition) is 5. The van der Waals surface area contributed by atoms with Gasteiger partial charge in [-0.15, -0.1) is 24.8 Å². The third-order valence-corrected chi connectivity index (χ3v) is 5.56. The Balaban J connectivity index is 0.00000480. The molecule has 1 heterocycles. The molecule has 32 heavy (non-hydrogen) atoms. The first-order valence-electron chi connectivity index (χ1n) is 11.8. The van der Waals surface area contributed by atoms with Crippen molar-refractivity contribution in [2.24, 2.45) is 0 Å². The summed E-state index contributed by atoms with van der Waals surface area (Å²) >= 11 is 0. The number of anilines is 1. The van der Waals surface area contributed by atoms with Crippen LogP contribution in [0.4, 0.5) is 10.5 Å². The van der Waals surface area contributed by atoms with E-state index in [1.807, 2.05) is 24.3 Å². The number of ether oxygens (including phenoxy) is 2. The Morgan fingerprint density at radius 2 is 1.47 bits per heavy atom. The molecule has 8 heteroatoms. The molecule has 0 aliphatic carbocycles. The van der Waals surface area contributed by atoms with Crippen molar-refractivity contribution in [2.75, 3.05) is 57.8 Å². The minimum Gasteiger partial charge on any atom is -0.491 e.